The second-order valence-corrected chi connectivity index (χ2v) is 4.37. The fraction of sp³-hybridized carbons (Fsp3) is 0.692. The molecule has 1 aromatic heterocycles. The quantitative estimate of drug-likeness (QED) is 0.422. The van der Waals surface area contributed by atoms with Gasteiger partial charge in [0.1, 0.15) is 11.6 Å². The molecular formula is C13H24N4O. The van der Waals surface area contributed by atoms with Gasteiger partial charge in [0.2, 0.25) is 5.88 Å². The number of hydrogen-bond acceptors (Lipinski definition) is 5. The molecule has 1 rings (SSSR count). The second kappa shape index (κ2) is 7.87. The maximum Gasteiger partial charge on any atom is 0.221 e. The van der Waals surface area contributed by atoms with Crippen molar-refractivity contribution in [1.82, 2.24) is 9.97 Å². The van der Waals surface area contributed by atoms with Crippen LogP contribution in [0, 0.1) is 6.92 Å². The molecule has 1 aromatic rings. The highest BCUT2D eigenvalue weighted by atomic mass is 16.5. The SMILES string of the molecule is CCCCCOc1nc(CCC)nc(NN)c1C. The topological polar surface area (TPSA) is 73.1 Å². The Morgan fingerprint density at radius 3 is 2.56 bits per heavy atom. The van der Waals surface area contributed by atoms with Gasteiger partial charge in [0.15, 0.2) is 0 Å². The van der Waals surface area contributed by atoms with Crippen LogP contribution in [0.4, 0.5) is 5.82 Å². The summed E-state index contributed by atoms with van der Waals surface area (Å²) in [5, 5.41) is 0. The molecule has 0 aromatic carbocycles. The lowest BCUT2D eigenvalue weighted by Crippen LogP contribution is -2.14. The van der Waals surface area contributed by atoms with Gasteiger partial charge in [-0.15, -0.1) is 0 Å². The molecule has 5 nitrogen and oxygen atoms in total. The van der Waals surface area contributed by atoms with E-state index in [0.29, 0.717) is 18.3 Å². The van der Waals surface area contributed by atoms with Gasteiger partial charge in [-0.2, -0.15) is 4.98 Å². The number of nitrogen functional groups attached to an aromatic ring is 1. The van der Waals surface area contributed by atoms with Crippen LogP contribution in [0.15, 0.2) is 0 Å². The first-order valence-electron chi connectivity index (χ1n) is 6.69. The molecule has 5 heteroatoms. The molecule has 102 valence electrons. The summed E-state index contributed by atoms with van der Waals surface area (Å²) in [7, 11) is 0. The Hall–Kier alpha value is -1.36. The second-order valence-electron chi connectivity index (χ2n) is 4.37. The minimum atomic E-state index is 0.650. The first-order valence-corrected chi connectivity index (χ1v) is 6.69. The van der Waals surface area contributed by atoms with Gasteiger partial charge in [-0.25, -0.2) is 10.8 Å². The highest BCUT2D eigenvalue weighted by Gasteiger charge is 2.10. The smallest absolute Gasteiger partial charge is 0.221 e. The van der Waals surface area contributed by atoms with E-state index < -0.39 is 0 Å². The molecular weight excluding hydrogens is 228 g/mol. The first kappa shape index (κ1) is 14.7. The fourth-order valence-corrected chi connectivity index (χ4v) is 1.68. The van der Waals surface area contributed by atoms with E-state index in [-0.39, 0.29) is 0 Å². The maximum absolute atomic E-state index is 5.72. The Morgan fingerprint density at radius 1 is 1.17 bits per heavy atom. The third-order valence-electron chi connectivity index (χ3n) is 2.74. The lowest BCUT2D eigenvalue weighted by molar-refractivity contribution is 0.291. The largest absolute Gasteiger partial charge is 0.477 e. The molecule has 3 N–H and O–H groups in total. The van der Waals surface area contributed by atoms with Crippen molar-refractivity contribution in [3.05, 3.63) is 11.4 Å². The average Bonchev–Trinajstić information content (AvgIpc) is 2.38. The number of nitrogens with two attached hydrogens (primary N) is 1. The van der Waals surface area contributed by atoms with E-state index in [2.05, 4.69) is 29.2 Å². The zero-order chi connectivity index (χ0) is 13.4. The molecule has 0 saturated carbocycles. The van der Waals surface area contributed by atoms with E-state index in [4.69, 9.17) is 10.6 Å². The van der Waals surface area contributed by atoms with Crippen LogP contribution in [0.3, 0.4) is 0 Å². The van der Waals surface area contributed by atoms with Crippen LogP contribution < -0.4 is 16.0 Å². The van der Waals surface area contributed by atoms with Gasteiger partial charge in [0.25, 0.3) is 0 Å². The predicted molar refractivity (Wildman–Crippen MR) is 73.6 cm³/mol. The van der Waals surface area contributed by atoms with Crippen molar-refractivity contribution >= 4 is 5.82 Å². The summed E-state index contributed by atoms with van der Waals surface area (Å²) in [4.78, 5) is 8.80. The summed E-state index contributed by atoms with van der Waals surface area (Å²) in [6, 6.07) is 0. The molecule has 0 unspecified atom stereocenters. The number of ether oxygens (including phenoxy) is 1. The van der Waals surface area contributed by atoms with Crippen LogP contribution in [-0.2, 0) is 6.42 Å². The summed E-state index contributed by atoms with van der Waals surface area (Å²) < 4.78 is 5.72. The van der Waals surface area contributed by atoms with Crippen molar-refractivity contribution in [2.24, 2.45) is 5.84 Å². The highest BCUT2D eigenvalue weighted by Crippen LogP contribution is 2.22. The minimum Gasteiger partial charge on any atom is -0.477 e. The zero-order valence-electron chi connectivity index (χ0n) is 11.6. The number of aryl methyl sites for hydroxylation is 1. The van der Waals surface area contributed by atoms with E-state index in [1.807, 2.05) is 6.92 Å². The summed E-state index contributed by atoms with van der Waals surface area (Å²) in [6.07, 6.45) is 5.24. The van der Waals surface area contributed by atoms with Crippen LogP contribution in [0.1, 0.15) is 50.9 Å². The van der Waals surface area contributed by atoms with Crippen molar-refractivity contribution in [2.45, 2.75) is 52.9 Å². The van der Waals surface area contributed by atoms with Crippen molar-refractivity contribution in [3.8, 4) is 5.88 Å². The summed E-state index contributed by atoms with van der Waals surface area (Å²) in [5.74, 6) is 7.55. The van der Waals surface area contributed by atoms with Gasteiger partial charge < -0.3 is 10.2 Å². The molecule has 0 fully saturated rings. The molecule has 0 saturated heterocycles. The van der Waals surface area contributed by atoms with Crippen molar-refractivity contribution in [2.75, 3.05) is 12.0 Å². The Labute approximate surface area is 109 Å². The summed E-state index contributed by atoms with van der Waals surface area (Å²) in [6.45, 7) is 6.88. The third-order valence-corrected chi connectivity index (χ3v) is 2.74. The molecule has 0 spiro atoms. The van der Waals surface area contributed by atoms with E-state index in [9.17, 15) is 0 Å². The van der Waals surface area contributed by atoms with E-state index in [1.54, 1.807) is 0 Å². The Balaban J connectivity index is 2.77. The first-order chi connectivity index (χ1) is 8.72. The van der Waals surface area contributed by atoms with Crippen molar-refractivity contribution < 1.29 is 4.74 Å². The van der Waals surface area contributed by atoms with Crippen LogP contribution in [0.2, 0.25) is 0 Å². The lowest BCUT2D eigenvalue weighted by Gasteiger charge is -2.12. The number of anilines is 1. The lowest BCUT2D eigenvalue weighted by atomic mass is 10.2. The van der Waals surface area contributed by atoms with Gasteiger partial charge in [0.05, 0.1) is 12.2 Å². The molecule has 0 atom stereocenters. The molecule has 0 aliphatic rings. The van der Waals surface area contributed by atoms with E-state index in [1.165, 1.54) is 12.8 Å². The van der Waals surface area contributed by atoms with Crippen LogP contribution >= 0.6 is 0 Å². The Bertz CT molecular complexity index is 368. The van der Waals surface area contributed by atoms with Crippen molar-refractivity contribution in [1.29, 1.82) is 0 Å². The van der Waals surface area contributed by atoms with Gasteiger partial charge >= 0.3 is 0 Å². The molecule has 0 amide bonds. The van der Waals surface area contributed by atoms with E-state index in [0.717, 1.165) is 30.7 Å². The number of nitrogens with one attached hydrogen (secondary N) is 1. The number of aromatic nitrogens is 2. The highest BCUT2D eigenvalue weighted by molar-refractivity contribution is 5.47. The van der Waals surface area contributed by atoms with Crippen LogP contribution in [0.5, 0.6) is 5.88 Å². The summed E-state index contributed by atoms with van der Waals surface area (Å²) >= 11 is 0. The predicted octanol–water partition coefficient (Wildman–Crippen LogP) is 2.59. The normalized spacial score (nSPS) is 10.4. The standard InChI is InChI=1S/C13H24N4O/c1-4-6-7-9-18-13-10(3)12(17-14)15-11(16-13)8-5-2/h4-9,14H2,1-3H3,(H,15,16,17). The number of hydrogen-bond donors (Lipinski definition) is 2. The number of unbranched alkanes of at least 4 members (excludes halogenated alkanes) is 2. The molecule has 0 aliphatic carbocycles. The maximum atomic E-state index is 5.72. The zero-order valence-corrected chi connectivity index (χ0v) is 11.6. The van der Waals surface area contributed by atoms with Gasteiger partial charge in [-0.1, -0.05) is 26.7 Å². The van der Waals surface area contributed by atoms with Crippen LogP contribution in [-0.4, -0.2) is 16.6 Å². The van der Waals surface area contributed by atoms with Gasteiger partial charge in [-0.05, 0) is 19.8 Å². The van der Waals surface area contributed by atoms with Gasteiger partial charge in [-0.3, -0.25) is 0 Å². The molecule has 0 bridgehead atoms. The number of nitrogens with zero attached hydrogens (tertiary/aromatic N) is 2. The van der Waals surface area contributed by atoms with E-state index >= 15 is 0 Å². The number of hydrazine groups is 1. The monoisotopic (exact) mass is 252 g/mol. The minimum absolute atomic E-state index is 0.650. The number of rotatable bonds is 8. The van der Waals surface area contributed by atoms with Gasteiger partial charge in [0, 0.05) is 6.42 Å². The Kier molecular flexibility index (Phi) is 6.43. The molecule has 1 heterocycles. The molecule has 0 radical (unpaired) electrons. The third kappa shape index (κ3) is 4.14. The summed E-state index contributed by atoms with van der Waals surface area (Å²) in [5.41, 5.74) is 3.47. The Morgan fingerprint density at radius 2 is 1.94 bits per heavy atom. The van der Waals surface area contributed by atoms with Crippen molar-refractivity contribution in [3.63, 3.8) is 0 Å². The fourth-order valence-electron chi connectivity index (χ4n) is 1.68. The molecule has 0 aliphatic heterocycles. The molecule has 18 heavy (non-hydrogen) atoms. The average molecular weight is 252 g/mol. The van der Waals surface area contributed by atoms with Crippen LogP contribution in [0.25, 0.3) is 0 Å².